The Labute approximate surface area is 185 Å². The second-order valence-corrected chi connectivity index (χ2v) is 7.53. The Bertz CT molecular complexity index is 1280. The molecule has 1 nitrogen and oxygen atoms in total. The van der Waals surface area contributed by atoms with Crippen LogP contribution in [0.1, 0.15) is 0 Å². The first kappa shape index (κ1) is 19.8. The lowest BCUT2D eigenvalue weighted by Gasteiger charge is -2.05. The van der Waals surface area contributed by atoms with Crippen LogP contribution in [-0.4, -0.2) is 0 Å². The normalized spacial score (nSPS) is 10.8. The van der Waals surface area contributed by atoms with Gasteiger partial charge in [-0.1, -0.05) is 54.6 Å². The molecule has 1 aromatic heterocycles. The van der Waals surface area contributed by atoms with Crippen LogP contribution in [0.4, 0.5) is 8.78 Å². The average Bonchev–Trinajstić information content (AvgIpc) is 2.85. The van der Waals surface area contributed by atoms with Crippen LogP contribution in [0.15, 0.2) is 120 Å². The highest BCUT2D eigenvalue weighted by molar-refractivity contribution is 5.76. The molecule has 0 amide bonds. The highest BCUT2D eigenvalue weighted by Gasteiger charge is 2.21. The molecule has 32 heavy (non-hydrogen) atoms. The summed E-state index contributed by atoms with van der Waals surface area (Å²) >= 11 is 0. The van der Waals surface area contributed by atoms with Crippen LogP contribution >= 0.6 is 0 Å². The maximum atomic E-state index is 13.4. The quantitative estimate of drug-likeness (QED) is 0.265. The number of rotatable bonds is 4. The van der Waals surface area contributed by atoms with Crippen molar-refractivity contribution in [1.82, 2.24) is 0 Å². The van der Waals surface area contributed by atoms with Gasteiger partial charge in [0.25, 0.3) is 0 Å². The first-order valence-corrected chi connectivity index (χ1v) is 10.3. The van der Waals surface area contributed by atoms with E-state index in [0.717, 1.165) is 33.4 Å². The van der Waals surface area contributed by atoms with Crippen LogP contribution in [-0.2, 0) is 0 Å². The van der Waals surface area contributed by atoms with Gasteiger partial charge in [0.2, 0.25) is 0 Å². The number of hydrogen-bond acceptors (Lipinski definition) is 0. The minimum atomic E-state index is -0.305. The molecule has 0 aliphatic heterocycles. The lowest BCUT2D eigenvalue weighted by atomic mass is 9.98. The fraction of sp³-hybridized carbons (Fsp3) is 0. The van der Waals surface area contributed by atoms with Gasteiger partial charge in [0, 0.05) is 5.56 Å². The second-order valence-electron chi connectivity index (χ2n) is 7.53. The maximum absolute atomic E-state index is 13.4. The molecule has 0 bridgehead atoms. The smallest absolute Gasteiger partial charge is 0.207 e. The molecule has 0 atom stereocenters. The predicted molar refractivity (Wildman–Crippen MR) is 125 cm³/mol. The topological polar surface area (TPSA) is 11.3 Å². The van der Waals surface area contributed by atoms with Crippen molar-refractivity contribution in [3.8, 4) is 44.9 Å². The van der Waals surface area contributed by atoms with Gasteiger partial charge in [-0.15, -0.1) is 0 Å². The highest BCUT2D eigenvalue weighted by atomic mass is 19.1. The van der Waals surface area contributed by atoms with Crippen molar-refractivity contribution < 1.29 is 13.2 Å². The third-order valence-corrected chi connectivity index (χ3v) is 5.38. The number of halogens is 2. The second kappa shape index (κ2) is 8.56. The van der Waals surface area contributed by atoms with Gasteiger partial charge in [0.1, 0.15) is 11.6 Å². The third kappa shape index (κ3) is 4.19. The SMILES string of the molecule is Fc1ccc(-c2cc(-c3ccc(-c4ccccc4)cc3)cc(-c3ccc(F)cc3)[o+]2)cc1. The van der Waals surface area contributed by atoms with Crippen molar-refractivity contribution in [2.45, 2.75) is 0 Å². The van der Waals surface area contributed by atoms with Gasteiger partial charge in [0.05, 0.1) is 23.3 Å². The van der Waals surface area contributed by atoms with E-state index in [1.54, 1.807) is 24.3 Å². The summed E-state index contributed by atoms with van der Waals surface area (Å²) in [5.74, 6) is 0.600. The molecule has 1 heterocycles. The molecular weight excluding hydrogens is 402 g/mol. The van der Waals surface area contributed by atoms with Crippen LogP contribution in [0.3, 0.4) is 0 Å². The Balaban J connectivity index is 1.60. The fourth-order valence-electron chi connectivity index (χ4n) is 3.67. The van der Waals surface area contributed by atoms with Crippen molar-refractivity contribution in [2.75, 3.05) is 0 Å². The zero-order valence-electron chi connectivity index (χ0n) is 17.1. The molecule has 0 aliphatic carbocycles. The Hall–Kier alpha value is -4.11. The minimum Gasteiger partial charge on any atom is -0.207 e. The summed E-state index contributed by atoms with van der Waals surface area (Å²) in [5, 5.41) is 0. The van der Waals surface area contributed by atoms with E-state index in [2.05, 4.69) is 36.4 Å². The van der Waals surface area contributed by atoms with E-state index in [1.165, 1.54) is 24.3 Å². The summed E-state index contributed by atoms with van der Waals surface area (Å²) in [7, 11) is 0. The van der Waals surface area contributed by atoms with Crippen LogP contribution in [0.25, 0.3) is 44.9 Å². The number of hydrogen-bond donors (Lipinski definition) is 0. The minimum absolute atomic E-state index is 0.305. The van der Waals surface area contributed by atoms with Crippen molar-refractivity contribution in [3.05, 3.63) is 127 Å². The largest absolute Gasteiger partial charge is 0.361 e. The summed E-state index contributed by atoms with van der Waals surface area (Å²) in [6.45, 7) is 0. The van der Waals surface area contributed by atoms with E-state index in [0.29, 0.717) is 11.5 Å². The molecule has 4 aromatic carbocycles. The predicted octanol–water partition coefficient (Wildman–Crippen LogP) is 8.51. The first-order chi connectivity index (χ1) is 15.7. The number of benzene rings is 4. The molecule has 0 saturated heterocycles. The fourth-order valence-corrected chi connectivity index (χ4v) is 3.67. The van der Waals surface area contributed by atoms with Crippen molar-refractivity contribution in [1.29, 1.82) is 0 Å². The summed E-state index contributed by atoms with van der Waals surface area (Å²) in [4.78, 5) is 0. The molecule has 0 aliphatic rings. The summed E-state index contributed by atoms with van der Waals surface area (Å²) in [6, 6.07) is 34.8. The average molecular weight is 421 g/mol. The monoisotopic (exact) mass is 421 g/mol. The Morgan fingerprint density at radius 2 is 0.750 bits per heavy atom. The van der Waals surface area contributed by atoms with Gasteiger partial charge in [-0.3, -0.25) is 0 Å². The Kier molecular flexibility index (Phi) is 5.30. The molecule has 5 aromatic rings. The zero-order valence-corrected chi connectivity index (χ0v) is 17.1. The lowest BCUT2D eigenvalue weighted by Crippen LogP contribution is -1.87. The van der Waals surface area contributed by atoms with Crippen LogP contribution in [0.2, 0.25) is 0 Å². The summed E-state index contributed by atoms with van der Waals surface area (Å²) in [6.07, 6.45) is 0. The standard InChI is InChI=1S/C29H19F2O/c30-26-14-10-23(11-15-26)28-18-25(19-29(32-28)24-12-16-27(31)17-13-24)22-8-6-21(7-9-22)20-4-2-1-3-5-20/h1-19H/q+1. The molecule has 0 spiro atoms. The van der Waals surface area contributed by atoms with Gasteiger partial charge in [-0.05, 0) is 65.2 Å². The summed E-state index contributed by atoms with van der Waals surface area (Å²) < 4.78 is 33.0. The molecule has 3 heteroatoms. The molecule has 0 N–H and O–H groups in total. The van der Waals surface area contributed by atoms with Gasteiger partial charge >= 0.3 is 11.5 Å². The van der Waals surface area contributed by atoms with Crippen molar-refractivity contribution >= 4 is 0 Å². The van der Waals surface area contributed by atoms with E-state index < -0.39 is 0 Å². The van der Waals surface area contributed by atoms with Crippen molar-refractivity contribution in [3.63, 3.8) is 0 Å². The van der Waals surface area contributed by atoms with Crippen LogP contribution in [0.5, 0.6) is 0 Å². The molecule has 5 rings (SSSR count). The molecule has 0 unspecified atom stereocenters. The van der Waals surface area contributed by atoms with Gasteiger partial charge in [-0.2, -0.15) is 0 Å². The third-order valence-electron chi connectivity index (χ3n) is 5.38. The Morgan fingerprint density at radius 1 is 0.375 bits per heavy atom. The zero-order chi connectivity index (χ0) is 21.9. The van der Waals surface area contributed by atoms with Crippen LogP contribution < -0.4 is 0 Å². The van der Waals surface area contributed by atoms with E-state index in [1.807, 2.05) is 30.3 Å². The molecule has 0 saturated carbocycles. The summed E-state index contributed by atoms with van der Waals surface area (Å²) in [5.41, 5.74) is 5.78. The Morgan fingerprint density at radius 3 is 1.22 bits per heavy atom. The van der Waals surface area contributed by atoms with Gasteiger partial charge in [0.15, 0.2) is 0 Å². The molecule has 0 fully saturated rings. The van der Waals surface area contributed by atoms with E-state index in [4.69, 9.17) is 4.42 Å². The molecular formula is C29H19F2O+. The van der Waals surface area contributed by atoms with Gasteiger partial charge < -0.3 is 0 Å². The lowest BCUT2D eigenvalue weighted by molar-refractivity contribution is 0.581. The van der Waals surface area contributed by atoms with Crippen LogP contribution in [0, 0.1) is 11.6 Å². The van der Waals surface area contributed by atoms with E-state index in [-0.39, 0.29) is 11.6 Å². The van der Waals surface area contributed by atoms with Crippen molar-refractivity contribution in [2.24, 2.45) is 0 Å². The van der Waals surface area contributed by atoms with E-state index >= 15 is 0 Å². The molecule has 154 valence electrons. The van der Waals surface area contributed by atoms with E-state index in [9.17, 15) is 8.78 Å². The highest BCUT2D eigenvalue weighted by Crippen LogP contribution is 2.34. The maximum Gasteiger partial charge on any atom is 0.361 e. The van der Waals surface area contributed by atoms with Gasteiger partial charge in [-0.25, -0.2) is 13.2 Å². The first-order valence-electron chi connectivity index (χ1n) is 10.3. The molecule has 0 radical (unpaired) electrons.